The second-order valence-corrected chi connectivity index (χ2v) is 6.59. The van der Waals surface area contributed by atoms with Gasteiger partial charge in [0.2, 0.25) is 0 Å². The number of rotatable bonds is 3. The molecule has 0 unspecified atom stereocenters. The second-order valence-electron chi connectivity index (χ2n) is 6.59. The van der Waals surface area contributed by atoms with E-state index in [0.717, 1.165) is 0 Å². The minimum absolute atomic E-state index is 0.00154. The lowest BCUT2D eigenvalue weighted by atomic mass is 10.1. The molecular formula is C19H15F3N6O2. The standard InChI is InChI=1S/C19H15F3N6O2/c1-10-13(17(29)24-12-8-9-27(2)25-12)18(30)28-16(23-10)14(11-6-4-3-5-7-11)15(26-28)19(20,21)22/h3-9,26H,1-2H3,(H,24,25,29). The summed E-state index contributed by atoms with van der Waals surface area (Å²) in [5, 5.41) is 8.51. The zero-order valence-electron chi connectivity index (χ0n) is 15.8. The Hall–Kier alpha value is -3.89. The Morgan fingerprint density at radius 3 is 2.47 bits per heavy atom. The molecule has 1 amide bonds. The van der Waals surface area contributed by atoms with E-state index in [1.165, 1.54) is 29.8 Å². The molecule has 0 bridgehead atoms. The van der Waals surface area contributed by atoms with Crippen LogP contribution in [0.1, 0.15) is 21.7 Å². The third-order valence-electron chi connectivity index (χ3n) is 4.49. The summed E-state index contributed by atoms with van der Waals surface area (Å²) >= 11 is 0. The molecule has 30 heavy (non-hydrogen) atoms. The summed E-state index contributed by atoms with van der Waals surface area (Å²) in [4.78, 5) is 29.7. The number of fused-ring (bicyclic) bond motifs is 1. The second kappa shape index (κ2) is 6.87. The lowest BCUT2D eigenvalue weighted by Crippen LogP contribution is -2.29. The molecule has 0 spiro atoms. The first-order valence-corrected chi connectivity index (χ1v) is 8.75. The smallest absolute Gasteiger partial charge is 0.305 e. The van der Waals surface area contributed by atoms with E-state index in [9.17, 15) is 22.8 Å². The van der Waals surface area contributed by atoms with E-state index in [2.05, 4.69) is 20.5 Å². The Morgan fingerprint density at radius 1 is 1.17 bits per heavy atom. The lowest BCUT2D eigenvalue weighted by Gasteiger charge is -2.07. The summed E-state index contributed by atoms with van der Waals surface area (Å²) in [6.45, 7) is 1.39. The number of anilines is 1. The first-order valence-electron chi connectivity index (χ1n) is 8.75. The number of benzene rings is 1. The number of hydrogen-bond donors (Lipinski definition) is 2. The van der Waals surface area contributed by atoms with Gasteiger partial charge in [0.15, 0.2) is 11.5 Å². The average Bonchev–Trinajstić information content (AvgIpc) is 3.26. The van der Waals surface area contributed by atoms with Crippen LogP contribution in [0.5, 0.6) is 0 Å². The third kappa shape index (κ3) is 3.23. The number of carbonyl (C=O) groups is 1. The predicted octanol–water partition coefficient (Wildman–Crippen LogP) is 3.00. The number of nitrogens with one attached hydrogen (secondary N) is 2. The van der Waals surface area contributed by atoms with Crippen molar-refractivity contribution in [1.82, 2.24) is 24.4 Å². The highest BCUT2D eigenvalue weighted by molar-refractivity contribution is 6.04. The highest BCUT2D eigenvalue weighted by atomic mass is 19.4. The number of halogens is 3. The van der Waals surface area contributed by atoms with Crippen molar-refractivity contribution in [2.45, 2.75) is 13.1 Å². The van der Waals surface area contributed by atoms with Gasteiger partial charge in [0.1, 0.15) is 11.3 Å². The Kier molecular flexibility index (Phi) is 4.45. The summed E-state index contributed by atoms with van der Waals surface area (Å²) in [5.41, 5.74) is -2.70. The minimum atomic E-state index is -4.77. The summed E-state index contributed by atoms with van der Waals surface area (Å²) in [7, 11) is 1.64. The van der Waals surface area contributed by atoms with Crippen LogP contribution in [0.3, 0.4) is 0 Å². The van der Waals surface area contributed by atoms with Crippen molar-refractivity contribution in [3.05, 3.63) is 69.9 Å². The van der Waals surface area contributed by atoms with Crippen molar-refractivity contribution in [1.29, 1.82) is 0 Å². The van der Waals surface area contributed by atoms with Gasteiger partial charge in [0.25, 0.3) is 11.5 Å². The van der Waals surface area contributed by atoms with Crippen molar-refractivity contribution in [2.75, 3.05) is 5.32 Å². The third-order valence-corrected chi connectivity index (χ3v) is 4.49. The van der Waals surface area contributed by atoms with Crippen LogP contribution in [0.25, 0.3) is 16.8 Å². The van der Waals surface area contributed by atoms with Crippen molar-refractivity contribution in [3.63, 3.8) is 0 Å². The van der Waals surface area contributed by atoms with Gasteiger partial charge < -0.3 is 5.32 Å². The molecule has 8 nitrogen and oxygen atoms in total. The fourth-order valence-electron chi connectivity index (χ4n) is 3.18. The summed E-state index contributed by atoms with van der Waals surface area (Å²) in [6.07, 6.45) is -3.18. The molecule has 0 atom stereocenters. The SMILES string of the molecule is Cc1nc2c(-c3ccccc3)c(C(F)(F)F)[nH]n2c(=O)c1C(=O)Nc1ccn(C)n1. The number of H-pyrrole nitrogens is 1. The number of amides is 1. The monoisotopic (exact) mass is 416 g/mol. The highest BCUT2D eigenvalue weighted by Gasteiger charge is 2.38. The van der Waals surface area contributed by atoms with Crippen LogP contribution in [0, 0.1) is 6.92 Å². The van der Waals surface area contributed by atoms with Crippen LogP contribution in [-0.2, 0) is 13.2 Å². The molecule has 0 fully saturated rings. The van der Waals surface area contributed by atoms with Crippen molar-refractivity contribution < 1.29 is 18.0 Å². The van der Waals surface area contributed by atoms with E-state index in [0.29, 0.717) is 4.52 Å². The van der Waals surface area contributed by atoms with E-state index in [1.54, 1.807) is 31.4 Å². The van der Waals surface area contributed by atoms with Gasteiger partial charge in [-0.25, -0.2) is 4.98 Å². The van der Waals surface area contributed by atoms with Crippen LogP contribution in [0.2, 0.25) is 0 Å². The predicted molar refractivity (Wildman–Crippen MR) is 102 cm³/mol. The maximum Gasteiger partial charge on any atom is 0.433 e. The molecule has 3 aromatic heterocycles. The van der Waals surface area contributed by atoms with Crippen LogP contribution >= 0.6 is 0 Å². The molecule has 0 saturated carbocycles. The molecule has 3 heterocycles. The fourth-order valence-corrected chi connectivity index (χ4v) is 3.18. The first-order chi connectivity index (χ1) is 14.2. The van der Waals surface area contributed by atoms with E-state index in [1.807, 2.05) is 0 Å². The average molecular weight is 416 g/mol. The lowest BCUT2D eigenvalue weighted by molar-refractivity contribution is -0.140. The first kappa shape index (κ1) is 19.4. The molecule has 0 aliphatic rings. The number of carbonyl (C=O) groups excluding carboxylic acids is 1. The Labute approximate surface area is 167 Å². The maximum atomic E-state index is 13.7. The molecular weight excluding hydrogens is 401 g/mol. The molecule has 2 N–H and O–H groups in total. The highest BCUT2D eigenvalue weighted by Crippen LogP contribution is 2.38. The molecule has 0 saturated heterocycles. The van der Waals surface area contributed by atoms with Gasteiger partial charge in [0, 0.05) is 19.3 Å². The minimum Gasteiger partial charge on any atom is -0.305 e. The quantitative estimate of drug-likeness (QED) is 0.537. The van der Waals surface area contributed by atoms with Crippen LogP contribution in [0.4, 0.5) is 19.0 Å². The number of hydrogen-bond acceptors (Lipinski definition) is 4. The van der Waals surface area contributed by atoms with Gasteiger partial charge >= 0.3 is 6.18 Å². The summed E-state index contributed by atoms with van der Waals surface area (Å²) in [5.74, 6) is -0.624. The molecule has 1 aromatic carbocycles. The molecule has 154 valence electrons. The number of aromatic amines is 1. The number of nitrogens with zero attached hydrogens (tertiary/aromatic N) is 4. The molecule has 11 heteroatoms. The summed E-state index contributed by atoms with van der Waals surface area (Å²) in [6, 6.07) is 9.32. The number of aromatic nitrogens is 5. The van der Waals surface area contributed by atoms with Gasteiger partial charge in [-0.1, -0.05) is 30.3 Å². The van der Waals surface area contributed by atoms with Gasteiger partial charge in [0.05, 0.1) is 11.3 Å². The molecule has 0 radical (unpaired) electrons. The summed E-state index contributed by atoms with van der Waals surface area (Å²) < 4.78 is 43.2. The van der Waals surface area contributed by atoms with Crippen molar-refractivity contribution in [2.24, 2.45) is 7.05 Å². The van der Waals surface area contributed by atoms with Crippen LogP contribution in [0.15, 0.2) is 47.4 Å². The van der Waals surface area contributed by atoms with Gasteiger partial charge in [-0.2, -0.15) is 22.8 Å². The Balaban J connectivity index is 1.93. The maximum absolute atomic E-state index is 13.7. The molecule has 4 aromatic rings. The largest absolute Gasteiger partial charge is 0.433 e. The molecule has 0 aliphatic carbocycles. The van der Waals surface area contributed by atoms with E-state index >= 15 is 0 Å². The Morgan fingerprint density at radius 2 is 1.87 bits per heavy atom. The molecule has 0 aliphatic heterocycles. The zero-order valence-corrected chi connectivity index (χ0v) is 15.8. The molecule has 4 rings (SSSR count). The number of alkyl halides is 3. The van der Waals surface area contributed by atoms with Crippen molar-refractivity contribution in [3.8, 4) is 11.1 Å². The van der Waals surface area contributed by atoms with E-state index < -0.39 is 23.3 Å². The van der Waals surface area contributed by atoms with E-state index in [-0.39, 0.29) is 33.8 Å². The van der Waals surface area contributed by atoms with Crippen LogP contribution in [-0.4, -0.2) is 30.3 Å². The van der Waals surface area contributed by atoms with Gasteiger partial charge in [-0.05, 0) is 12.5 Å². The number of aryl methyl sites for hydroxylation is 2. The van der Waals surface area contributed by atoms with Crippen molar-refractivity contribution >= 4 is 17.4 Å². The van der Waals surface area contributed by atoms with Gasteiger partial charge in [-0.15, -0.1) is 0 Å². The van der Waals surface area contributed by atoms with E-state index in [4.69, 9.17) is 0 Å². The normalized spacial score (nSPS) is 11.8. The van der Waals surface area contributed by atoms with Crippen LogP contribution < -0.4 is 10.9 Å². The topological polar surface area (TPSA) is 97.1 Å². The zero-order chi connectivity index (χ0) is 21.6. The van der Waals surface area contributed by atoms with Gasteiger partial charge in [-0.3, -0.25) is 19.4 Å². The fraction of sp³-hybridized carbons (Fsp3) is 0.158. The Bertz CT molecular complexity index is 1320.